The van der Waals surface area contributed by atoms with Crippen LogP contribution in [0.1, 0.15) is 116 Å². The smallest absolute Gasteiger partial charge is 0.153 e. The van der Waals surface area contributed by atoms with Crippen LogP contribution in [-0.2, 0) is 13.9 Å². The summed E-state index contributed by atoms with van der Waals surface area (Å²) >= 11 is -0.143. The third kappa shape index (κ3) is 6.31. The van der Waals surface area contributed by atoms with E-state index in [9.17, 15) is 0 Å². The molecule has 0 nitrogen and oxygen atoms in total. The van der Waals surface area contributed by atoms with Crippen molar-refractivity contribution >= 4 is 9.90 Å². The Labute approximate surface area is 153 Å². The maximum absolute atomic E-state index is 1.63. The molecule has 138 valence electrons. The molecule has 0 aliphatic heterocycles. The van der Waals surface area contributed by atoms with Crippen LogP contribution in [0.3, 0.4) is 0 Å². The zero-order chi connectivity index (χ0) is 15.0. The average Bonchev–Trinajstić information content (AvgIpc) is 3.04. The quantitative estimate of drug-likeness (QED) is 0.264. The molecule has 3 aliphatic rings. The van der Waals surface area contributed by atoms with Crippen molar-refractivity contribution in [3.63, 3.8) is 0 Å². The van der Waals surface area contributed by atoms with Crippen molar-refractivity contribution in [2.45, 2.75) is 130 Å². The summed E-state index contributed by atoms with van der Waals surface area (Å²) in [6.07, 6.45) is 28.4. The molecule has 1 unspecified atom stereocenters. The van der Waals surface area contributed by atoms with Gasteiger partial charge in [-0.15, -0.1) is 0 Å². The molecule has 0 spiro atoms. The van der Waals surface area contributed by atoms with E-state index in [0.29, 0.717) is 0 Å². The minimum Gasteiger partial charge on any atom is -0.153 e. The zero-order valence-corrected chi connectivity index (χ0v) is 18.1. The minimum atomic E-state index is -0.143. The van der Waals surface area contributed by atoms with Crippen molar-refractivity contribution in [1.29, 1.82) is 0 Å². The van der Waals surface area contributed by atoms with Crippen molar-refractivity contribution in [1.82, 2.24) is 0 Å². The Hall–Kier alpha value is 0.949. The molecule has 0 N–H and O–H groups in total. The van der Waals surface area contributed by atoms with Crippen LogP contribution < -0.4 is 0 Å². The Balaban J connectivity index is 0.00000192. The summed E-state index contributed by atoms with van der Waals surface area (Å²) < 4.78 is 0. The molecule has 0 amide bonds. The van der Waals surface area contributed by atoms with Gasteiger partial charge >= 0.3 is 144 Å². The van der Waals surface area contributed by atoms with E-state index in [1.54, 1.807) is 116 Å². The second kappa shape index (κ2) is 11.5. The number of hydrogen-bond acceptors (Lipinski definition) is 0. The molecule has 0 aromatic heterocycles. The minimum absolute atomic E-state index is 0. The second-order valence-corrected chi connectivity index (χ2v) is 12.2. The largest absolute Gasteiger partial charge is 0.153 e. The van der Waals surface area contributed by atoms with E-state index in [1.807, 2.05) is 0 Å². The summed E-state index contributed by atoms with van der Waals surface area (Å²) in [5.41, 5.74) is 0. The molecule has 3 fully saturated rings. The first kappa shape index (κ1) is 20.3. The summed E-state index contributed by atoms with van der Waals surface area (Å²) in [5.74, 6) is 0. The summed E-state index contributed by atoms with van der Waals surface area (Å²) in [5, 5.41) is 0. The summed E-state index contributed by atoms with van der Waals surface area (Å²) in [7, 11) is 0. The monoisotopic (exact) mass is 380 g/mol. The predicted octanol–water partition coefficient (Wildman–Crippen LogP) is 8.09. The number of rotatable bonds is 3. The molecule has 0 aromatic rings. The Kier molecular flexibility index (Phi) is 10.2. The molecule has 23 heavy (non-hydrogen) atoms. The third-order valence-electron chi connectivity index (χ3n) is 6.42. The normalized spacial score (nSPS) is 27.4. The van der Waals surface area contributed by atoms with Crippen molar-refractivity contribution < 1.29 is 13.9 Å². The molecule has 0 saturated heterocycles. The molecule has 3 aliphatic carbocycles. The van der Waals surface area contributed by atoms with Crippen LogP contribution in [0.2, 0.25) is 14.4 Å². The molecule has 0 aromatic carbocycles. The van der Waals surface area contributed by atoms with Gasteiger partial charge in [0.1, 0.15) is 0 Å². The fraction of sp³-hybridized carbons (Fsp3) is 1.00. The van der Waals surface area contributed by atoms with Gasteiger partial charge in [0.05, 0.1) is 0 Å². The molecule has 3 rings (SSSR count). The standard InChI is InChI=1S/3C7H13.Mn.H3P/c3*1-2-4-6-7-5-3-1;;/h3*1H,2-7H2;;1H3. The van der Waals surface area contributed by atoms with E-state index in [-0.39, 0.29) is 23.8 Å². The first-order valence-electron chi connectivity index (χ1n) is 10.6. The third-order valence-corrected chi connectivity index (χ3v) is 11.8. The van der Waals surface area contributed by atoms with Crippen molar-refractivity contribution in [3.05, 3.63) is 0 Å². The van der Waals surface area contributed by atoms with Crippen LogP contribution in [0.4, 0.5) is 0 Å². The van der Waals surface area contributed by atoms with Gasteiger partial charge in [-0.2, -0.15) is 9.90 Å². The topological polar surface area (TPSA) is 0 Å². The zero-order valence-electron chi connectivity index (χ0n) is 15.5. The van der Waals surface area contributed by atoms with Crippen molar-refractivity contribution in [3.8, 4) is 0 Å². The predicted molar refractivity (Wildman–Crippen MR) is 105 cm³/mol. The molecule has 0 heterocycles. The van der Waals surface area contributed by atoms with Gasteiger partial charge in [0.2, 0.25) is 0 Å². The van der Waals surface area contributed by atoms with E-state index in [1.165, 1.54) is 14.4 Å². The molecule has 0 radical (unpaired) electrons. The van der Waals surface area contributed by atoms with Crippen molar-refractivity contribution in [2.75, 3.05) is 0 Å². The molecule has 3 saturated carbocycles. The van der Waals surface area contributed by atoms with Crippen molar-refractivity contribution in [2.24, 2.45) is 0 Å². The molecule has 2 heteroatoms. The van der Waals surface area contributed by atoms with Crippen LogP contribution in [0.5, 0.6) is 0 Å². The van der Waals surface area contributed by atoms with Gasteiger partial charge in [-0.05, 0) is 0 Å². The Morgan fingerprint density at radius 3 is 0.783 bits per heavy atom. The Morgan fingerprint density at radius 2 is 0.565 bits per heavy atom. The van der Waals surface area contributed by atoms with Crippen LogP contribution in [0.15, 0.2) is 0 Å². The first-order valence-corrected chi connectivity index (χ1v) is 12.6. The van der Waals surface area contributed by atoms with Crippen LogP contribution >= 0.6 is 9.90 Å². The summed E-state index contributed by atoms with van der Waals surface area (Å²) in [6, 6.07) is 0. The Bertz CT molecular complexity index is 235. The van der Waals surface area contributed by atoms with E-state index in [2.05, 4.69) is 0 Å². The van der Waals surface area contributed by atoms with Crippen LogP contribution in [0, 0.1) is 0 Å². The van der Waals surface area contributed by atoms with E-state index < -0.39 is 0 Å². The van der Waals surface area contributed by atoms with E-state index in [4.69, 9.17) is 0 Å². The van der Waals surface area contributed by atoms with Gasteiger partial charge in [0.25, 0.3) is 0 Å². The second-order valence-electron chi connectivity index (χ2n) is 8.14. The van der Waals surface area contributed by atoms with Gasteiger partial charge in [-0.3, -0.25) is 0 Å². The first-order chi connectivity index (χ1) is 10.9. The fourth-order valence-corrected chi connectivity index (χ4v) is 11.4. The van der Waals surface area contributed by atoms with E-state index in [0.717, 1.165) is 0 Å². The number of hydrogen-bond donors (Lipinski definition) is 0. The van der Waals surface area contributed by atoms with Gasteiger partial charge in [0, 0.05) is 0 Å². The van der Waals surface area contributed by atoms with Gasteiger partial charge < -0.3 is 0 Å². The SMILES string of the molecule is C1CCC[CH]([Mn]([CH]2CCCCCC2)[CH]2CCCCCC2)CC1.P. The fourth-order valence-electron chi connectivity index (χ4n) is 5.20. The van der Waals surface area contributed by atoms with Crippen LogP contribution in [0.25, 0.3) is 0 Å². The molecular formula is C21H42MnP. The summed E-state index contributed by atoms with van der Waals surface area (Å²) in [4.78, 5) is 3.63. The maximum atomic E-state index is 1.63. The molecule has 1 atom stereocenters. The maximum Gasteiger partial charge on any atom is -0.153 e. The molecule has 0 bridgehead atoms. The van der Waals surface area contributed by atoms with Gasteiger partial charge in [-0.25, -0.2) is 0 Å². The Morgan fingerprint density at radius 1 is 0.348 bits per heavy atom. The molecular weight excluding hydrogens is 338 g/mol. The van der Waals surface area contributed by atoms with E-state index >= 15 is 0 Å². The summed E-state index contributed by atoms with van der Waals surface area (Å²) in [6.45, 7) is 0. The van der Waals surface area contributed by atoms with Gasteiger partial charge in [-0.1, -0.05) is 0 Å². The average molecular weight is 380 g/mol. The van der Waals surface area contributed by atoms with Crippen LogP contribution in [-0.4, -0.2) is 0 Å². The van der Waals surface area contributed by atoms with Gasteiger partial charge in [0.15, 0.2) is 0 Å².